The minimum absolute atomic E-state index is 0.438. The summed E-state index contributed by atoms with van der Waals surface area (Å²) in [5, 5.41) is 4.83. The Morgan fingerprint density at radius 3 is 2.71 bits per heavy atom. The number of aromatic nitrogens is 3. The highest BCUT2D eigenvalue weighted by molar-refractivity contribution is 6.30. The standard InChI is InChI=1S/C17H18ClN5O/c1-2-24-17-14(12-4-3-5-13(18)7-12)6-11(8-21-17)10-23-16(20)15(19)9-22-23/h3-9H,2,10,19-20H2,1H3. The Morgan fingerprint density at radius 1 is 1.21 bits per heavy atom. The van der Waals surface area contributed by atoms with Crippen LogP contribution in [0.25, 0.3) is 11.1 Å². The van der Waals surface area contributed by atoms with Gasteiger partial charge in [-0.05, 0) is 36.2 Å². The Labute approximate surface area is 145 Å². The first-order valence-electron chi connectivity index (χ1n) is 7.53. The van der Waals surface area contributed by atoms with Gasteiger partial charge in [-0.2, -0.15) is 5.10 Å². The van der Waals surface area contributed by atoms with Crippen LogP contribution in [0, 0.1) is 0 Å². The van der Waals surface area contributed by atoms with E-state index in [0.717, 1.165) is 16.7 Å². The lowest BCUT2D eigenvalue weighted by Crippen LogP contribution is -2.07. The van der Waals surface area contributed by atoms with E-state index in [9.17, 15) is 0 Å². The van der Waals surface area contributed by atoms with Crippen molar-refractivity contribution < 1.29 is 4.74 Å². The summed E-state index contributed by atoms with van der Waals surface area (Å²) in [6.07, 6.45) is 3.28. The predicted molar refractivity (Wildman–Crippen MR) is 96.0 cm³/mol. The first kappa shape index (κ1) is 16.1. The van der Waals surface area contributed by atoms with Crippen molar-refractivity contribution in [1.29, 1.82) is 0 Å². The highest BCUT2D eigenvalue weighted by Gasteiger charge is 2.12. The maximum Gasteiger partial charge on any atom is 0.221 e. The van der Waals surface area contributed by atoms with Crippen molar-refractivity contribution in [2.24, 2.45) is 0 Å². The number of nitrogen functional groups attached to an aromatic ring is 2. The number of pyridine rings is 1. The molecule has 0 aliphatic rings. The van der Waals surface area contributed by atoms with Crippen LogP contribution in [0.5, 0.6) is 5.88 Å². The molecule has 24 heavy (non-hydrogen) atoms. The van der Waals surface area contributed by atoms with Gasteiger partial charge in [0.1, 0.15) is 5.82 Å². The lowest BCUT2D eigenvalue weighted by atomic mass is 10.1. The highest BCUT2D eigenvalue weighted by Crippen LogP contribution is 2.31. The van der Waals surface area contributed by atoms with Gasteiger partial charge in [0.05, 0.1) is 25.0 Å². The average Bonchev–Trinajstić information content (AvgIpc) is 2.88. The Balaban J connectivity index is 2.01. The molecular weight excluding hydrogens is 326 g/mol. The van der Waals surface area contributed by atoms with Crippen molar-refractivity contribution in [2.45, 2.75) is 13.5 Å². The quantitative estimate of drug-likeness (QED) is 0.742. The zero-order chi connectivity index (χ0) is 17.1. The molecule has 0 aliphatic carbocycles. The Morgan fingerprint density at radius 2 is 2.04 bits per heavy atom. The van der Waals surface area contributed by atoms with E-state index in [0.29, 0.717) is 35.6 Å². The predicted octanol–water partition coefficient (Wildman–Crippen LogP) is 3.21. The second-order valence-corrected chi connectivity index (χ2v) is 5.72. The number of ether oxygens (including phenoxy) is 1. The number of nitrogens with zero attached hydrogens (tertiary/aromatic N) is 3. The topological polar surface area (TPSA) is 92.0 Å². The van der Waals surface area contributed by atoms with Crippen molar-refractivity contribution in [1.82, 2.24) is 14.8 Å². The zero-order valence-corrected chi connectivity index (χ0v) is 14.0. The Bertz CT molecular complexity index is 862. The maximum atomic E-state index is 6.11. The number of hydrogen-bond donors (Lipinski definition) is 2. The molecule has 0 bridgehead atoms. The molecule has 4 N–H and O–H groups in total. The fourth-order valence-corrected chi connectivity index (χ4v) is 2.59. The van der Waals surface area contributed by atoms with Gasteiger partial charge in [0.25, 0.3) is 0 Å². The third-order valence-electron chi connectivity index (χ3n) is 3.57. The fourth-order valence-electron chi connectivity index (χ4n) is 2.40. The molecule has 0 unspecified atom stereocenters. The van der Waals surface area contributed by atoms with Gasteiger partial charge in [0.15, 0.2) is 0 Å². The third kappa shape index (κ3) is 3.28. The third-order valence-corrected chi connectivity index (χ3v) is 3.80. The van der Waals surface area contributed by atoms with Crippen LogP contribution in [0.15, 0.2) is 42.7 Å². The summed E-state index contributed by atoms with van der Waals surface area (Å²) in [7, 11) is 0. The second kappa shape index (κ2) is 6.80. The van der Waals surface area contributed by atoms with Crippen molar-refractivity contribution in [3.8, 4) is 17.0 Å². The van der Waals surface area contributed by atoms with Crippen LogP contribution in [0.1, 0.15) is 12.5 Å². The number of halogens is 1. The highest BCUT2D eigenvalue weighted by atomic mass is 35.5. The molecule has 0 radical (unpaired) electrons. The van der Waals surface area contributed by atoms with Crippen LogP contribution in [0.2, 0.25) is 5.02 Å². The van der Waals surface area contributed by atoms with Gasteiger partial charge in [-0.1, -0.05) is 23.7 Å². The number of hydrogen-bond acceptors (Lipinski definition) is 5. The van der Waals surface area contributed by atoms with E-state index in [1.165, 1.54) is 6.20 Å². The first-order valence-corrected chi connectivity index (χ1v) is 7.90. The van der Waals surface area contributed by atoms with E-state index in [4.69, 9.17) is 27.8 Å². The summed E-state index contributed by atoms with van der Waals surface area (Å²) in [6, 6.07) is 9.57. The van der Waals surface area contributed by atoms with E-state index < -0.39 is 0 Å². The number of nitrogens with two attached hydrogens (primary N) is 2. The van der Waals surface area contributed by atoms with E-state index in [1.54, 1.807) is 10.9 Å². The Hall–Kier alpha value is -2.73. The molecule has 0 fully saturated rings. The molecule has 0 amide bonds. The molecule has 0 saturated heterocycles. The van der Waals surface area contributed by atoms with E-state index in [1.807, 2.05) is 37.3 Å². The molecule has 0 spiro atoms. The lowest BCUT2D eigenvalue weighted by Gasteiger charge is -2.12. The summed E-state index contributed by atoms with van der Waals surface area (Å²) in [5.41, 5.74) is 14.9. The molecule has 2 heterocycles. The molecule has 6 nitrogen and oxygen atoms in total. The van der Waals surface area contributed by atoms with E-state index >= 15 is 0 Å². The number of rotatable bonds is 5. The monoisotopic (exact) mass is 343 g/mol. The van der Waals surface area contributed by atoms with Crippen LogP contribution < -0.4 is 16.2 Å². The van der Waals surface area contributed by atoms with Crippen LogP contribution in [0.3, 0.4) is 0 Å². The molecular formula is C17H18ClN5O. The van der Waals surface area contributed by atoms with Crippen molar-refractivity contribution in [2.75, 3.05) is 18.1 Å². The normalized spacial score (nSPS) is 10.8. The smallest absolute Gasteiger partial charge is 0.221 e. The lowest BCUT2D eigenvalue weighted by molar-refractivity contribution is 0.328. The molecule has 2 aromatic heterocycles. The minimum atomic E-state index is 0.438. The summed E-state index contributed by atoms with van der Waals surface area (Å²) < 4.78 is 7.28. The molecule has 7 heteroatoms. The van der Waals surface area contributed by atoms with E-state index in [2.05, 4.69) is 10.1 Å². The van der Waals surface area contributed by atoms with E-state index in [-0.39, 0.29) is 0 Å². The maximum absolute atomic E-state index is 6.11. The molecule has 3 aromatic rings. The second-order valence-electron chi connectivity index (χ2n) is 5.28. The molecule has 0 saturated carbocycles. The van der Waals surface area contributed by atoms with Gasteiger partial charge in [-0.25, -0.2) is 9.67 Å². The van der Waals surface area contributed by atoms with Crippen molar-refractivity contribution in [3.05, 3.63) is 53.3 Å². The van der Waals surface area contributed by atoms with Gasteiger partial charge in [0, 0.05) is 16.8 Å². The van der Waals surface area contributed by atoms with Crippen molar-refractivity contribution in [3.63, 3.8) is 0 Å². The van der Waals surface area contributed by atoms with Gasteiger partial charge in [0.2, 0.25) is 5.88 Å². The molecule has 124 valence electrons. The average molecular weight is 344 g/mol. The molecule has 1 aromatic carbocycles. The number of anilines is 2. The fraction of sp³-hybridized carbons (Fsp3) is 0.176. The van der Waals surface area contributed by atoms with Crippen LogP contribution in [-0.4, -0.2) is 21.4 Å². The van der Waals surface area contributed by atoms with Gasteiger partial charge < -0.3 is 16.2 Å². The zero-order valence-electron chi connectivity index (χ0n) is 13.2. The first-order chi connectivity index (χ1) is 11.6. The number of benzene rings is 1. The van der Waals surface area contributed by atoms with Gasteiger partial charge in [-0.3, -0.25) is 0 Å². The molecule has 3 rings (SSSR count). The van der Waals surface area contributed by atoms with Gasteiger partial charge in [-0.15, -0.1) is 0 Å². The summed E-state index contributed by atoms with van der Waals surface area (Å²) >= 11 is 6.11. The van der Waals surface area contributed by atoms with Crippen LogP contribution >= 0.6 is 11.6 Å². The summed E-state index contributed by atoms with van der Waals surface area (Å²) in [6.45, 7) is 2.92. The molecule has 0 aliphatic heterocycles. The van der Waals surface area contributed by atoms with Crippen LogP contribution in [0.4, 0.5) is 11.5 Å². The molecule has 0 atom stereocenters. The minimum Gasteiger partial charge on any atom is -0.478 e. The summed E-state index contributed by atoms with van der Waals surface area (Å²) in [4.78, 5) is 4.43. The largest absolute Gasteiger partial charge is 0.478 e. The van der Waals surface area contributed by atoms with Crippen LogP contribution in [-0.2, 0) is 6.54 Å². The van der Waals surface area contributed by atoms with Crippen molar-refractivity contribution >= 4 is 23.1 Å². The Kier molecular flexibility index (Phi) is 4.57. The summed E-state index contributed by atoms with van der Waals surface area (Å²) in [5.74, 6) is 1.00. The van der Waals surface area contributed by atoms with Gasteiger partial charge >= 0.3 is 0 Å². The SMILES string of the molecule is CCOc1ncc(Cn2ncc(N)c2N)cc1-c1cccc(Cl)c1.